The van der Waals surface area contributed by atoms with Crippen LogP contribution in [0.2, 0.25) is 0 Å². The minimum absolute atomic E-state index is 0.331. The molecule has 3 unspecified atom stereocenters. The predicted octanol–water partition coefficient (Wildman–Crippen LogP) is 0.806. The highest BCUT2D eigenvalue weighted by Gasteiger charge is 2.25. The lowest BCUT2D eigenvalue weighted by atomic mass is 10.00. The van der Waals surface area contributed by atoms with Gasteiger partial charge in [0.2, 0.25) is 0 Å². The molecular weight excluding hydrogens is 206 g/mol. The molecule has 0 bridgehead atoms. The van der Waals surface area contributed by atoms with Crippen molar-refractivity contribution < 1.29 is 14.2 Å². The molecule has 4 heteroatoms. The van der Waals surface area contributed by atoms with Gasteiger partial charge in [0, 0.05) is 25.2 Å². The number of hydrogen-bond donors (Lipinski definition) is 1. The molecule has 0 radical (unpaired) electrons. The number of likely N-dealkylation sites (N-methyl/N-ethyl adjacent to an activating group) is 1. The molecule has 0 spiro atoms. The van der Waals surface area contributed by atoms with Crippen molar-refractivity contribution in [1.82, 2.24) is 5.32 Å². The maximum Gasteiger partial charge on any atom is 0.0809 e. The Labute approximate surface area is 97.6 Å². The summed E-state index contributed by atoms with van der Waals surface area (Å²) in [7, 11) is 2.00. The Bertz CT molecular complexity index is 189. The Morgan fingerprint density at radius 2 is 2.31 bits per heavy atom. The molecule has 2 fully saturated rings. The summed E-state index contributed by atoms with van der Waals surface area (Å²) in [6, 6.07) is 0.420. The molecule has 0 aromatic carbocycles. The lowest BCUT2D eigenvalue weighted by molar-refractivity contribution is 0.00494. The van der Waals surface area contributed by atoms with Crippen molar-refractivity contribution in [2.45, 2.75) is 31.4 Å². The van der Waals surface area contributed by atoms with Crippen molar-refractivity contribution in [3.63, 3.8) is 0 Å². The molecule has 1 N–H and O–H groups in total. The fourth-order valence-electron chi connectivity index (χ4n) is 2.43. The molecule has 0 saturated carbocycles. The summed E-state index contributed by atoms with van der Waals surface area (Å²) >= 11 is 0. The molecule has 2 rings (SSSR count). The molecule has 2 aliphatic rings. The van der Waals surface area contributed by atoms with Gasteiger partial charge >= 0.3 is 0 Å². The first-order valence-corrected chi connectivity index (χ1v) is 6.34. The van der Waals surface area contributed by atoms with E-state index in [0.717, 1.165) is 45.9 Å². The van der Waals surface area contributed by atoms with Crippen molar-refractivity contribution >= 4 is 0 Å². The van der Waals surface area contributed by atoms with Crippen LogP contribution < -0.4 is 5.32 Å². The van der Waals surface area contributed by atoms with Crippen molar-refractivity contribution in [2.24, 2.45) is 5.92 Å². The zero-order valence-electron chi connectivity index (χ0n) is 10.1. The average Bonchev–Trinajstić information content (AvgIpc) is 2.96. The maximum atomic E-state index is 5.74. The molecule has 3 atom stereocenters. The van der Waals surface area contributed by atoms with E-state index in [1.165, 1.54) is 6.42 Å². The minimum Gasteiger partial charge on any atom is -0.381 e. The Hall–Kier alpha value is -0.160. The first kappa shape index (κ1) is 12.3. The van der Waals surface area contributed by atoms with Crippen LogP contribution in [0.1, 0.15) is 19.3 Å². The normalized spacial score (nSPS) is 32.1. The largest absolute Gasteiger partial charge is 0.381 e. The summed E-state index contributed by atoms with van der Waals surface area (Å²) in [5.41, 5.74) is 0. The highest BCUT2D eigenvalue weighted by Crippen LogP contribution is 2.17. The van der Waals surface area contributed by atoms with Crippen LogP contribution in [-0.4, -0.2) is 52.2 Å². The van der Waals surface area contributed by atoms with Crippen LogP contribution in [0.15, 0.2) is 0 Å². The van der Waals surface area contributed by atoms with Gasteiger partial charge in [0.05, 0.1) is 25.9 Å². The van der Waals surface area contributed by atoms with Crippen LogP contribution in [0.3, 0.4) is 0 Å². The molecular formula is C12H23NO3. The molecule has 0 aromatic rings. The lowest BCUT2D eigenvalue weighted by Gasteiger charge is -2.22. The maximum absolute atomic E-state index is 5.74. The van der Waals surface area contributed by atoms with Gasteiger partial charge < -0.3 is 19.5 Å². The summed E-state index contributed by atoms with van der Waals surface area (Å²) in [5.74, 6) is 0.606. The molecule has 2 heterocycles. The van der Waals surface area contributed by atoms with Gasteiger partial charge in [-0.25, -0.2) is 0 Å². The second-order valence-corrected chi connectivity index (χ2v) is 4.69. The Morgan fingerprint density at radius 3 is 2.94 bits per heavy atom. The first-order chi connectivity index (χ1) is 7.90. The SMILES string of the molecule is CNC(COCC1CCCO1)C1CCOC1. The quantitative estimate of drug-likeness (QED) is 0.731. The van der Waals surface area contributed by atoms with Crippen molar-refractivity contribution in [1.29, 1.82) is 0 Å². The van der Waals surface area contributed by atoms with E-state index in [2.05, 4.69) is 5.32 Å². The predicted molar refractivity (Wildman–Crippen MR) is 61.6 cm³/mol. The highest BCUT2D eigenvalue weighted by atomic mass is 16.5. The zero-order valence-corrected chi connectivity index (χ0v) is 10.1. The number of rotatable bonds is 6. The molecule has 94 valence electrons. The van der Waals surface area contributed by atoms with Gasteiger partial charge in [-0.15, -0.1) is 0 Å². The van der Waals surface area contributed by atoms with Crippen LogP contribution in [0, 0.1) is 5.92 Å². The van der Waals surface area contributed by atoms with Gasteiger partial charge in [-0.05, 0) is 26.3 Å². The molecule has 2 aliphatic heterocycles. The second-order valence-electron chi connectivity index (χ2n) is 4.69. The third-order valence-corrected chi connectivity index (χ3v) is 3.53. The van der Waals surface area contributed by atoms with Crippen LogP contribution in [0.5, 0.6) is 0 Å². The van der Waals surface area contributed by atoms with E-state index in [0.29, 0.717) is 18.1 Å². The van der Waals surface area contributed by atoms with Gasteiger partial charge in [0.25, 0.3) is 0 Å². The van der Waals surface area contributed by atoms with Gasteiger partial charge in [-0.3, -0.25) is 0 Å². The topological polar surface area (TPSA) is 39.7 Å². The van der Waals surface area contributed by atoms with Crippen molar-refractivity contribution in [2.75, 3.05) is 40.1 Å². The molecule has 2 saturated heterocycles. The average molecular weight is 229 g/mol. The smallest absolute Gasteiger partial charge is 0.0809 e. The van der Waals surface area contributed by atoms with E-state index in [9.17, 15) is 0 Å². The van der Waals surface area contributed by atoms with Crippen molar-refractivity contribution in [3.05, 3.63) is 0 Å². The molecule has 4 nitrogen and oxygen atoms in total. The van der Waals surface area contributed by atoms with Gasteiger partial charge in [0.15, 0.2) is 0 Å². The third-order valence-electron chi connectivity index (χ3n) is 3.53. The molecule has 16 heavy (non-hydrogen) atoms. The van der Waals surface area contributed by atoms with E-state index >= 15 is 0 Å². The number of nitrogens with one attached hydrogen (secondary N) is 1. The van der Waals surface area contributed by atoms with Gasteiger partial charge in [-0.2, -0.15) is 0 Å². The minimum atomic E-state index is 0.331. The monoisotopic (exact) mass is 229 g/mol. The molecule has 0 aliphatic carbocycles. The number of hydrogen-bond acceptors (Lipinski definition) is 4. The fourth-order valence-corrected chi connectivity index (χ4v) is 2.43. The summed E-state index contributed by atoms with van der Waals surface area (Å²) in [6.07, 6.45) is 3.81. The van der Waals surface area contributed by atoms with Crippen LogP contribution in [-0.2, 0) is 14.2 Å². The second kappa shape index (κ2) is 6.55. The Morgan fingerprint density at radius 1 is 1.38 bits per heavy atom. The number of ether oxygens (including phenoxy) is 3. The summed E-state index contributed by atoms with van der Waals surface area (Å²) < 4.78 is 16.7. The first-order valence-electron chi connectivity index (χ1n) is 6.34. The summed E-state index contributed by atoms with van der Waals surface area (Å²) in [5, 5.41) is 3.32. The zero-order chi connectivity index (χ0) is 11.2. The van der Waals surface area contributed by atoms with Gasteiger partial charge in [0.1, 0.15) is 0 Å². The molecule has 0 amide bonds. The fraction of sp³-hybridized carbons (Fsp3) is 1.00. The van der Waals surface area contributed by atoms with Crippen molar-refractivity contribution in [3.8, 4) is 0 Å². The van der Waals surface area contributed by atoms with Gasteiger partial charge in [-0.1, -0.05) is 0 Å². The standard InChI is InChI=1S/C12H23NO3/c1-13-12(10-4-6-14-7-10)9-15-8-11-3-2-5-16-11/h10-13H,2-9H2,1H3. The Kier molecular flexibility index (Phi) is 5.03. The van der Waals surface area contributed by atoms with E-state index in [1.807, 2.05) is 7.05 Å². The van der Waals surface area contributed by atoms with Crippen LogP contribution in [0.4, 0.5) is 0 Å². The third kappa shape index (κ3) is 3.42. The molecule has 0 aromatic heterocycles. The van der Waals surface area contributed by atoms with E-state index in [-0.39, 0.29) is 0 Å². The van der Waals surface area contributed by atoms with E-state index < -0.39 is 0 Å². The van der Waals surface area contributed by atoms with E-state index in [4.69, 9.17) is 14.2 Å². The highest BCUT2D eigenvalue weighted by molar-refractivity contribution is 4.78. The van der Waals surface area contributed by atoms with Crippen LogP contribution in [0.25, 0.3) is 0 Å². The Balaban J connectivity index is 1.62. The van der Waals surface area contributed by atoms with Crippen LogP contribution >= 0.6 is 0 Å². The summed E-state index contributed by atoms with van der Waals surface area (Å²) in [6.45, 7) is 4.18. The summed E-state index contributed by atoms with van der Waals surface area (Å²) in [4.78, 5) is 0. The van der Waals surface area contributed by atoms with E-state index in [1.54, 1.807) is 0 Å². The lowest BCUT2D eigenvalue weighted by Crippen LogP contribution is -2.38.